The number of carboxylic acid groups (broad SMARTS) is 1. The lowest BCUT2D eigenvalue weighted by atomic mass is 9.99. The van der Waals surface area contributed by atoms with Gasteiger partial charge in [0.1, 0.15) is 5.01 Å². The van der Waals surface area contributed by atoms with Crippen LogP contribution in [-0.4, -0.2) is 44.1 Å². The number of carbonyl (C=O) groups is 2. The van der Waals surface area contributed by atoms with Crippen molar-refractivity contribution >= 4 is 35.0 Å². The summed E-state index contributed by atoms with van der Waals surface area (Å²) in [5.74, 6) is -0.106. The Morgan fingerprint density at radius 3 is 2.39 bits per heavy atom. The molecule has 1 aliphatic heterocycles. The second-order valence-corrected chi connectivity index (χ2v) is 13.8. The molecule has 0 radical (unpaired) electrons. The second kappa shape index (κ2) is 16.8. The highest BCUT2D eigenvalue weighted by Crippen LogP contribution is 2.40. The van der Waals surface area contributed by atoms with Gasteiger partial charge in [-0.05, 0) is 53.6 Å². The number of aliphatic hydroxyl groups excluding tert-OH is 1. The van der Waals surface area contributed by atoms with Crippen molar-refractivity contribution in [1.29, 1.82) is 0 Å². The number of nitrogens with one attached hydrogen (secondary N) is 1. The monoisotopic (exact) mass is 661 g/mol. The third-order valence-electron chi connectivity index (χ3n) is 7.74. The Hall–Kier alpha value is -3.61. The molecule has 0 bridgehead atoms. The minimum Gasteiger partial charge on any atom is -0.481 e. The highest BCUT2D eigenvalue weighted by molar-refractivity contribution is 8.01. The van der Waals surface area contributed by atoms with Crippen molar-refractivity contribution in [2.75, 3.05) is 5.75 Å². The van der Waals surface area contributed by atoms with Gasteiger partial charge in [-0.15, -0.1) is 10.2 Å². The number of aromatic nitrogens is 2. The zero-order valence-electron chi connectivity index (χ0n) is 25.8. The van der Waals surface area contributed by atoms with Gasteiger partial charge in [0.15, 0.2) is 10.6 Å². The van der Waals surface area contributed by atoms with Crippen molar-refractivity contribution in [2.24, 2.45) is 0 Å². The predicted octanol–water partition coefficient (Wildman–Crippen LogP) is 6.99. The molecule has 0 spiro atoms. The SMILES string of the molecule is Cc1nnc(SC[C@H]2C[C@@H](c3ccc(CO)cc3)O[C@@H](c3ccc(-c4cccc(CNC(=O)CCCCCC(=O)O)c4)cc3)O2)s1. The van der Waals surface area contributed by atoms with E-state index in [1.807, 2.05) is 61.5 Å². The molecule has 3 atom stereocenters. The summed E-state index contributed by atoms with van der Waals surface area (Å²) in [6.45, 7) is 2.38. The zero-order chi connectivity index (χ0) is 32.3. The number of nitrogens with zero attached hydrogens (tertiary/aromatic N) is 2. The first kappa shape index (κ1) is 33.7. The Balaban J connectivity index is 1.21. The molecule has 1 aliphatic rings. The van der Waals surface area contributed by atoms with Crippen LogP contribution in [0.2, 0.25) is 0 Å². The van der Waals surface area contributed by atoms with Gasteiger partial charge in [0.25, 0.3) is 0 Å². The fraction of sp³-hybridized carbons (Fsp3) is 0.371. The molecule has 1 fully saturated rings. The molecule has 1 aromatic heterocycles. The molecule has 4 aromatic rings. The molecule has 2 heterocycles. The molecule has 0 aliphatic carbocycles. The lowest BCUT2D eigenvalue weighted by Crippen LogP contribution is -2.31. The molecule has 1 saturated heterocycles. The molecule has 3 aromatic carbocycles. The maximum Gasteiger partial charge on any atom is 0.303 e. The minimum absolute atomic E-state index is 0.000453. The molecular formula is C35H39N3O6S2. The largest absolute Gasteiger partial charge is 0.481 e. The number of hydrogen-bond acceptors (Lipinski definition) is 9. The van der Waals surface area contributed by atoms with Crippen LogP contribution in [0.25, 0.3) is 11.1 Å². The van der Waals surface area contributed by atoms with Crippen LogP contribution in [0.3, 0.4) is 0 Å². The van der Waals surface area contributed by atoms with Crippen molar-refractivity contribution in [1.82, 2.24) is 15.5 Å². The van der Waals surface area contributed by atoms with E-state index in [-0.39, 0.29) is 31.1 Å². The number of unbranched alkanes of at least 4 members (excludes halogenated alkanes) is 2. The summed E-state index contributed by atoms with van der Waals surface area (Å²) < 4.78 is 13.9. The average Bonchev–Trinajstić information content (AvgIpc) is 3.51. The number of benzene rings is 3. The number of rotatable bonds is 15. The number of hydrogen-bond donors (Lipinski definition) is 3. The topological polar surface area (TPSA) is 131 Å². The van der Waals surface area contributed by atoms with Gasteiger partial charge in [-0.3, -0.25) is 9.59 Å². The van der Waals surface area contributed by atoms with Crippen LogP contribution in [0.15, 0.2) is 77.1 Å². The van der Waals surface area contributed by atoms with Gasteiger partial charge in [0, 0.05) is 37.1 Å². The molecule has 0 unspecified atom stereocenters. The Bertz CT molecular complexity index is 1580. The summed E-state index contributed by atoms with van der Waals surface area (Å²) in [5.41, 5.74) is 5.92. The van der Waals surface area contributed by atoms with Crippen LogP contribution in [0.4, 0.5) is 0 Å². The van der Waals surface area contributed by atoms with E-state index in [0.717, 1.165) is 54.9 Å². The van der Waals surface area contributed by atoms with E-state index in [0.29, 0.717) is 32.2 Å². The molecule has 46 heavy (non-hydrogen) atoms. The Morgan fingerprint density at radius 1 is 0.913 bits per heavy atom. The van der Waals surface area contributed by atoms with Crippen LogP contribution < -0.4 is 5.32 Å². The summed E-state index contributed by atoms with van der Waals surface area (Å²) in [6, 6.07) is 24.2. The standard InChI is InChI=1S/C35H39N3O6S2/c1-23-37-38-35(46-23)45-22-30-19-31(27-12-10-24(21-39)11-13-27)44-34(43-30)28-16-14-26(15-17-28)29-7-5-6-25(18-29)20-36-32(40)8-3-2-4-9-33(41)42/h5-7,10-18,30-31,34,39H,2-4,8-9,19-22H2,1H3,(H,36,40)(H,41,42)/t30-,31+,34+/m1/s1. The van der Waals surface area contributed by atoms with Gasteiger partial charge >= 0.3 is 5.97 Å². The Labute approximate surface area is 277 Å². The van der Waals surface area contributed by atoms with Crippen LogP contribution in [0.5, 0.6) is 0 Å². The van der Waals surface area contributed by atoms with E-state index in [1.165, 1.54) is 0 Å². The van der Waals surface area contributed by atoms with Crippen LogP contribution >= 0.6 is 23.1 Å². The third-order valence-corrected chi connectivity index (χ3v) is 9.85. The van der Waals surface area contributed by atoms with Crippen LogP contribution in [0.1, 0.15) is 78.2 Å². The molecule has 3 N–H and O–H groups in total. The number of aryl methyl sites for hydroxylation is 1. The van der Waals surface area contributed by atoms with E-state index in [2.05, 4.69) is 33.7 Å². The van der Waals surface area contributed by atoms with Crippen molar-refractivity contribution in [3.05, 3.63) is 100 Å². The zero-order valence-corrected chi connectivity index (χ0v) is 27.4. The highest BCUT2D eigenvalue weighted by atomic mass is 32.2. The molecular weight excluding hydrogens is 623 g/mol. The van der Waals surface area contributed by atoms with Gasteiger partial charge < -0.3 is 25.0 Å². The van der Waals surface area contributed by atoms with Gasteiger partial charge in [0.2, 0.25) is 5.91 Å². The van der Waals surface area contributed by atoms with Gasteiger partial charge in [-0.2, -0.15) is 0 Å². The van der Waals surface area contributed by atoms with Crippen LogP contribution in [0, 0.1) is 6.92 Å². The number of ether oxygens (including phenoxy) is 2. The molecule has 1 amide bonds. The van der Waals surface area contributed by atoms with Crippen molar-refractivity contribution in [2.45, 2.75) is 81.4 Å². The fourth-order valence-electron chi connectivity index (χ4n) is 5.24. The minimum atomic E-state index is -0.802. The number of thioether (sulfide) groups is 1. The first-order valence-corrected chi connectivity index (χ1v) is 17.3. The van der Waals surface area contributed by atoms with Crippen molar-refractivity contribution < 1.29 is 29.3 Å². The molecule has 11 heteroatoms. The van der Waals surface area contributed by atoms with E-state index in [9.17, 15) is 14.7 Å². The Morgan fingerprint density at radius 2 is 1.67 bits per heavy atom. The summed E-state index contributed by atoms with van der Waals surface area (Å²) in [6.07, 6.45) is 2.46. The van der Waals surface area contributed by atoms with Crippen molar-refractivity contribution in [3.63, 3.8) is 0 Å². The van der Waals surface area contributed by atoms with E-state index in [1.54, 1.807) is 23.1 Å². The average molecular weight is 662 g/mol. The summed E-state index contributed by atoms with van der Waals surface area (Å²) in [5, 5.41) is 30.5. The van der Waals surface area contributed by atoms with E-state index < -0.39 is 12.3 Å². The number of aliphatic hydroxyl groups is 1. The number of amides is 1. The predicted molar refractivity (Wildman–Crippen MR) is 178 cm³/mol. The molecule has 9 nitrogen and oxygen atoms in total. The van der Waals surface area contributed by atoms with Crippen LogP contribution in [-0.2, 0) is 32.2 Å². The molecule has 0 saturated carbocycles. The normalized spacial score (nSPS) is 17.9. The smallest absolute Gasteiger partial charge is 0.303 e. The summed E-state index contributed by atoms with van der Waals surface area (Å²) in [7, 11) is 0. The summed E-state index contributed by atoms with van der Waals surface area (Å²) >= 11 is 3.23. The molecule has 242 valence electrons. The highest BCUT2D eigenvalue weighted by Gasteiger charge is 2.32. The van der Waals surface area contributed by atoms with Gasteiger partial charge in [-0.25, -0.2) is 0 Å². The number of carbonyl (C=O) groups excluding carboxylic acids is 1. The van der Waals surface area contributed by atoms with Gasteiger partial charge in [-0.1, -0.05) is 96.2 Å². The Kier molecular flexibility index (Phi) is 12.3. The fourth-order valence-corrected chi connectivity index (χ4v) is 7.10. The number of aliphatic carboxylic acids is 1. The maximum absolute atomic E-state index is 12.3. The van der Waals surface area contributed by atoms with Gasteiger partial charge in [0.05, 0.1) is 18.8 Å². The van der Waals surface area contributed by atoms with E-state index >= 15 is 0 Å². The lowest BCUT2D eigenvalue weighted by Gasteiger charge is -2.36. The first-order chi connectivity index (χ1) is 22.4. The molecule has 5 rings (SSSR count). The third kappa shape index (κ3) is 9.94. The lowest BCUT2D eigenvalue weighted by molar-refractivity contribution is -0.245. The quantitative estimate of drug-likeness (QED) is 0.0911. The van der Waals surface area contributed by atoms with E-state index in [4.69, 9.17) is 14.6 Å². The van der Waals surface area contributed by atoms with Crippen molar-refractivity contribution in [3.8, 4) is 11.1 Å². The second-order valence-electron chi connectivity index (χ2n) is 11.3. The maximum atomic E-state index is 12.3. The summed E-state index contributed by atoms with van der Waals surface area (Å²) in [4.78, 5) is 22.9. The first-order valence-electron chi connectivity index (χ1n) is 15.5. The number of carboxylic acids is 1.